The van der Waals surface area contributed by atoms with Gasteiger partial charge in [-0.25, -0.2) is 0 Å². The van der Waals surface area contributed by atoms with Crippen LogP contribution >= 0.6 is 0 Å². The summed E-state index contributed by atoms with van der Waals surface area (Å²) in [4.78, 5) is 38.2. The minimum Gasteiger partial charge on any atom is -0.462 e. The van der Waals surface area contributed by atoms with E-state index in [1.54, 1.807) is 0 Å². The van der Waals surface area contributed by atoms with Crippen molar-refractivity contribution in [2.24, 2.45) is 0 Å². The summed E-state index contributed by atoms with van der Waals surface area (Å²) < 4.78 is 16.9. The maximum absolute atomic E-state index is 12.9. The van der Waals surface area contributed by atoms with Crippen LogP contribution in [0, 0.1) is 0 Å². The molecule has 0 saturated carbocycles. The van der Waals surface area contributed by atoms with E-state index in [1.807, 2.05) is 0 Å². The van der Waals surface area contributed by atoms with Crippen molar-refractivity contribution >= 4 is 17.9 Å². The average Bonchev–Trinajstić information content (AvgIpc) is 3.35. The van der Waals surface area contributed by atoms with Gasteiger partial charge in [0, 0.05) is 19.3 Å². The van der Waals surface area contributed by atoms with Gasteiger partial charge in [-0.05, 0) is 57.8 Å². The molecule has 0 saturated heterocycles. The summed E-state index contributed by atoms with van der Waals surface area (Å²) in [7, 11) is 0. The number of ether oxygens (including phenoxy) is 3. The lowest BCUT2D eigenvalue weighted by atomic mass is 10.0. The Labute approximate surface area is 429 Å². The molecule has 0 amide bonds. The van der Waals surface area contributed by atoms with E-state index in [0.29, 0.717) is 19.3 Å². The maximum Gasteiger partial charge on any atom is 0.306 e. The lowest BCUT2D eigenvalue weighted by molar-refractivity contribution is -0.167. The molecule has 0 heterocycles. The first-order valence-electron chi connectivity index (χ1n) is 30.5. The fourth-order valence-corrected chi connectivity index (χ4v) is 9.04. The predicted octanol–water partition coefficient (Wildman–Crippen LogP) is 20.4. The molecule has 0 spiro atoms. The van der Waals surface area contributed by atoms with Crippen LogP contribution in [0.5, 0.6) is 0 Å². The Balaban J connectivity index is 4.36. The molecule has 0 N–H and O–H groups in total. The number of esters is 3. The molecular weight excluding hydrogens is 853 g/mol. The van der Waals surface area contributed by atoms with E-state index in [9.17, 15) is 14.4 Å². The number of carbonyl (C=O) groups excluding carboxylic acids is 3. The second-order valence-electron chi connectivity index (χ2n) is 20.6. The van der Waals surface area contributed by atoms with Crippen molar-refractivity contribution in [3.63, 3.8) is 0 Å². The van der Waals surface area contributed by atoms with Gasteiger partial charge in [0.25, 0.3) is 0 Å². The third kappa shape index (κ3) is 56.4. The van der Waals surface area contributed by atoms with Crippen molar-refractivity contribution in [2.45, 2.75) is 335 Å². The molecule has 0 aromatic rings. The molecule has 6 nitrogen and oxygen atoms in total. The Kier molecular flexibility index (Phi) is 56.2. The van der Waals surface area contributed by atoms with E-state index in [-0.39, 0.29) is 31.1 Å². The number of unbranched alkanes of at least 4 members (excludes halogenated alkanes) is 39. The molecule has 0 fully saturated rings. The van der Waals surface area contributed by atoms with Crippen LogP contribution in [0.25, 0.3) is 0 Å². The van der Waals surface area contributed by atoms with Crippen LogP contribution in [0.15, 0.2) is 36.5 Å². The van der Waals surface area contributed by atoms with Gasteiger partial charge in [0.2, 0.25) is 0 Å². The SMILES string of the molecule is CCCCC/C=C\C/C=C\C/C=C\CCCCCCC(=O)OC[C@@H](COC(=O)CCCCCCCCCCCCCCCCCCC)OC(=O)CCCCCCCCCCCCCCCCCCC. The number of allylic oxidation sites excluding steroid dienone is 6. The van der Waals surface area contributed by atoms with E-state index in [0.717, 1.165) is 83.5 Å². The standard InChI is InChI=1S/C63H116O6/c1-4-7-10-13-16-19-22-25-28-31-34-37-40-43-46-49-52-55-61(64)67-58-60(69-63(66)57-54-51-48-45-42-39-36-33-30-27-24-21-18-15-12-9-6-3)59-68-62(65)56-53-50-47-44-41-38-35-32-29-26-23-20-17-14-11-8-5-2/h16,19,25,28,34,37,60H,4-15,17-18,20-24,26-27,29-33,35-36,38-59H2,1-3H3/b19-16-,28-25-,37-34-/t60-/m0/s1. The minimum atomic E-state index is -0.777. The van der Waals surface area contributed by atoms with Crippen LogP contribution in [0.1, 0.15) is 329 Å². The zero-order valence-corrected chi connectivity index (χ0v) is 46.3. The number of rotatable bonds is 56. The number of hydrogen-bond donors (Lipinski definition) is 0. The van der Waals surface area contributed by atoms with Gasteiger partial charge in [-0.2, -0.15) is 0 Å². The lowest BCUT2D eigenvalue weighted by Crippen LogP contribution is -2.30. The van der Waals surface area contributed by atoms with E-state index >= 15 is 0 Å². The Morgan fingerprint density at radius 1 is 0.290 bits per heavy atom. The Bertz CT molecular complexity index is 1160. The first-order chi connectivity index (χ1) is 34.0. The quantitative estimate of drug-likeness (QED) is 0.0261. The van der Waals surface area contributed by atoms with Gasteiger partial charge in [0.1, 0.15) is 13.2 Å². The minimum absolute atomic E-state index is 0.0741. The molecule has 0 rings (SSSR count). The highest BCUT2D eigenvalue weighted by Crippen LogP contribution is 2.17. The molecule has 404 valence electrons. The van der Waals surface area contributed by atoms with Crippen molar-refractivity contribution in [2.75, 3.05) is 13.2 Å². The smallest absolute Gasteiger partial charge is 0.306 e. The van der Waals surface area contributed by atoms with E-state index < -0.39 is 6.10 Å². The van der Waals surface area contributed by atoms with Gasteiger partial charge in [-0.1, -0.05) is 288 Å². The van der Waals surface area contributed by atoms with Crippen LogP contribution in [0.3, 0.4) is 0 Å². The summed E-state index contributed by atoms with van der Waals surface area (Å²) in [6.45, 7) is 6.65. The van der Waals surface area contributed by atoms with Crippen molar-refractivity contribution in [3.05, 3.63) is 36.5 Å². The van der Waals surface area contributed by atoms with E-state index in [4.69, 9.17) is 14.2 Å². The maximum atomic E-state index is 12.9. The molecule has 0 radical (unpaired) electrons. The molecule has 0 aliphatic rings. The van der Waals surface area contributed by atoms with E-state index in [2.05, 4.69) is 57.2 Å². The third-order valence-corrected chi connectivity index (χ3v) is 13.6. The topological polar surface area (TPSA) is 78.9 Å². The Morgan fingerprint density at radius 3 is 0.841 bits per heavy atom. The van der Waals surface area contributed by atoms with Crippen LogP contribution < -0.4 is 0 Å². The van der Waals surface area contributed by atoms with Crippen molar-refractivity contribution in [1.82, 2.24) is 0 Å². The Hall–Kier alpha value is -2.37. The number of carbonyl (C=O) groups is 3. The van der Waals surface area contributed by atoms with Gasteiger partial charge in [-0.3, -0.25) is 14.4 Å². The normalized spacial score (nSPS) is 12.2. The summed E-state index contributed by atoms with van der Waals surface area (Å²) >= 11 is 0. The van der Waals surface area contributed by atoms with Crippen LogP contribution in [-0.2, 0) is 28.6 Å². The molecule has 0 aliphatic carbocycles. The van der Waals surface area contributed by atoms with Crippen molar-refractivity contribution in [1.29, 1.82) is 0 Å². The van der Waals surface area contributed by atoms with Crippen LogP contribution in [0.4, 0.5) is 0 Å². The fraction of sp³-hybridized carbons (Fsp3) is 0.857. The monoisotopic (exact) mass is 969 g/mol. The van der Waals surface area contributed by atoms with Crippen molar-refractivity contribution < 1.29 is 28.6 Å². The fourth-order valence-electron chi connectivity index (χ4n) is 9.04. The molecule has 6 heteroatoms. The first kappa shape index (κ1) is 66.6. The van der Waals surface area contributed by atoms with Crippen LogP contribution in [0.2, 0.25) is 0 Å². The van der Waals surface area contributed by atoms with Gasteiger partial charge >= 0.3 is 17.9 Å². The number of hydrogen-bond acceptors (Lipinski definition) is 6. The molecule has 0 unspecified atom stereocenters. The van der Waals surface area contributed by atoms with Crippen LogP contribution in [-0.4, -0.2) is 37.2 Å². The molecule has 0 aromatic heterocycles. The molecule has 0 aliphatic heterocycles. The van der Waals surface area contributed by atoms with E-state index in [1.165, 1.54) is 205 Å². The van der Waals surface area contributed by atoms with Gasteiger partial charge < -0.3 is 14.2 Å². The largest absolute Gasteiger partial charge is 0.462 e. The summed E-state index contributed by atoms with van der Waals surface area (Å²) in [5.41, 5.74) is 0. The third-order valence-electron chi connectivity index (χ3n) is 13.6. The first-order valence-corrected chi connectivity index (χ1v) is 30.5. The molecule has 1 atom stereocenters. The summed E-state index contributed by atoms with van der Waals surface area (Å²) in [5.74, 6) is -0.873. The molecule has 0 bridgehead atoms. The predicted molar refractivity (Wildman–Crippen MR) is 298 cm³/mol. The molecule has 69 heavy (non-hydrogen) atoms. The second kappa shape index (κ2) is 58.2. The molecular formula is C63H116O6. The highest BCUT2D eigenvalue weighted by atomic mass is 16.6. The highest BCUT2D eigenvalue weighted by molar-refractivity contribution is 5.71. The lowest BCUT2D eigenvalue weighted by Gasteiger charge is -2.18. The van der Waals surface area contributed by atoms with Gasteiger partial charge in [0.15, 0.2) is 6.10 Å². The van der Waals surface area contributed by atoms with Gasteiger partial charge in [0.05, 0.1) is 0 Å². The Morgan fingerprint density at radius 2 is 0.522 bits per heavy atom. The zero-order chi connectivity index (χ0) is 50.0. The molecule has 0 aromatic carbocycles. The summed E-state index contributed by atoms with van der Waals surface area (Å²) in [5, 5.41) is 0. The average molecular weight is 970 g/mol. The summed E-state index contributed by atoms with van der Waals surface area (Å²) in [6, 6.07) is 0. The highest BCUT2D eigenvalue weighted by Gasteiger charge is 2.19. The van der Waals surface area contributed by atoms with Crippen molar-refractivity contribution in [3.8, 4) is 0 Å². The van der Waals surface area contributed by atoms with Gasteiger partial charge in [-0.15, -0.1) is 0 Å². The summed E-state index contributed by atoms with van der Waals surface area (Å²) in [6.07, 6.45) is 69.9. The zero-order valence-electron chi connectivity index (χ0n) is 46.3. The second-order valence-corrected chi connectivity index (χ2v) is 20.6.